The Bertz CT molecular complexity index is 1110. The maximum absolute atomic E-state index is 13.3. The zero-order valence-electron chi connectivity index (χ0n) is 17.6. The molecule has 0 spiro atoms. The maximum atomic E-state index is 13.3. The van der Waals surface area contributed by atoms with Crippen LogP contribution >= 0.6 is 23.6 Å². The van der Waals surface area contributed by atoms with E-state index < -0.39 is 0 Å². The molecule has 3 rings (SSSR count). The predicted octanol–water partition coefficient (Wildman–Crippen LogP) is 4.63. The van der Waals surface area contributed by atoms with Crippen molar-refractivity contribution in [3.8, 4) is 0 Å². The molecule has 4 N–H and O–H groups in total. The highest BCUT2D eigenvalue weighted by atomic mass is 32.1. The van der Waals surface area contributed by atoms with Crippen LogP contribution in [0.15, 0.2) is 54.6 Å². The first kappa shape index (κ1) is 22.6. The second kappa shape index (κ2) is 9.82. The van der Waals surface area contributed by atoms with Crippen LogP contribution in [0.4, 0.5) is 10.7 Å². The first-order valence-electron chi connectivity index (χ1n) is 9.65. The van der Waals surface area contributed by atoms with Crippen LogP contribution in [0, 0.1) is 13.8 Å². The highest BCUT2D eigenvalue weighted by Gasteiger charge is 2.22. The van der Waals surface area contributed by atoms with Gasteiger partial charge < -0.3 is 10.6 Å². The molecule has 31 heavy (non-hydrogen) atoms. The largest absolute Gasteiger partial charge is 0.326 e. The molecule has 2 aromatic carbocycles. The van der Waals surface area contributed by atoms with E-state index in [1.807, 2.05) is 44.2 Å². The fourth-order valence-corrected chi connectivity index (χ4v) is 4.35. The summed E-state index contributed by atoms with van der Waals surface area (Å²) in [7, 11) is 0. The molecule has 0 radical (unpaired) electrons. The number of nitrogens with one attached hydrogen (secondary N) is 2. The summed E-state index contributed by atoms with van der Waals surface area (Å²) < 4.78 is 0. The molecule has 0 unspecified atom stereocenters. The van der Waals surface area contributed by atoms with E-state index in [1.165, 1.54) is 23.3 Å². The van der Waals surface area contributed by atoms with Crippen LogP contribution in [0.3, 0.4) is 0 Å². The summed E-state index contributed by atoms with van der Waals surface area (Å²) in [5.74, 6) is 5.87. The van der Waals surface area contributed by atoms with Gasteiger partial charge in [0.05, 0.1) is 12.1 Å². The van der Waals surface area contributed by atoms with Crippen molar-refractivity contribution < 1.29 is 9.59 Å². The van der Waals surface area contributed by atoms with Gasteiger partial charge in [0.25, 0.3) is 0 Å². The average molecular weight is 453 g/mol. The molecule has 6 nitrogen and oxygen atoms in total. The van der Waals surface area contributed by atoms with Gasteiger partial charge in [-0.2, -0.15) is 0 Å². The lowest BCUT2D eigenvalue weighted by Crippen LogP contribution is -2.39. The fraction of sp³-hybridized carbons (Fsp3) is 0.174. The number of hydrogen-bond donors (Lipinski definition) is 3. The van der Waals surface area contributed by atoms with E-state index in [-0.39, 0.29) is 11.7 Å². The number of thiophene rings is 1. The van der Waals surface area contributed by atoms with Crippen molar-refractivity contribution in [2.45, 2.75) is 27.3 Å². The lowest BCUT2D eigenvalue weighted by molar-refractivity contribution is -0.114. The standard InChI is InChI=1S/C23H24N4O2S2/c1-14-15(2)31-22(26-23(30)27(24)13-17-7-5-4-6-8-17)20(14)21(29)18-9-11-19(12-10-18)25-16(3)28/h4-12H,13,24H2,1-3H3,(H,25,28)(H,26,30). The van der Waals surface area contributed by atoms with Gasteiger partial charge in [0.2, 0.25) is 5.91 Å². The zero-order chi connectivity index (χ0) is 22.5. The molecule has 1 heterocycles. The number of amides is 1. The predicted molar refractivity (Wildman–Crippen MR) is 130 cm³/mol. The van der Waals surface area contributed by atoms with Gasteiger partial charge in [-0.25, -0.2) is 5.84 Å². The Morgan fingerprint density at radius 3 is 2.29 bits per heavy atom. The Morgan fingerprint density at radius 1 is 1.03 bits per heavy atom. The number of rotatable bonds is 6. The SMILES string of the molecule is CC(=O)Nc1ccc(C(=O)c2c(NC(=S)N(N)Cc3ccccc3)sc(C)c2C)cc1. The monoisotopic (exact) mass is 452 g/mol. The molecule has 8 heteroatoms. The zero-order valence-corrected chi connectivity index (χ0v) is 19.2. The first-order chi connectivity index (χ1) is 14.8. The third kappa shape index (κ3) is 5.55. The molecule has 0 aliphatic rings. The summed E-state index contributed by atoms with van der Waals surface area (Å²) in [5.41, 5.74) is 3.67. The van der Waals surface area contributed by atoms with Gasteiger partial charge in [-0.15, -0.1) is 11.3 Å². The van der Waals surface area contributed by atoms with E-state index in [4.69, 9.17) is 18.1 Å². The lowest BCUT2D eigenvalue weighted by Gasteiger charge is -2.20. The normalized spacial score (nSPS) is 10.5. The van der Waals surface area contributed by atoms with Crippen molar-refractivity contribution in [1.29, 1.82) is 0 Å². The third-order valence-electron chi connectivity index (χ3n) is 4.76. The third-order valence-corrected chi connectivity index (χ3v) is 6.22. The van der Waals surface area contributed by atoms with Crippen LogP contribution in [0.25, 0.3) is 0 Å². The quantitative estimate of drug-likeness (QED) is 0.219. The van der Waals surface area contributed by atoms with E-state index >= 15 is 0 Å². The molecular weight excluding hydrogens is 428 g/mol. The number of carbonyl (C=O) groups excluding carboxylic acids is 2. The summed E-state index contributed by atoms with van der Waals surface area (Å²) in [6, 6.07) is 16.6. The van der Waals surface area contributed by atoms with E-state index in [2.05, 4.69) is 10.6 Å². The number of thiocarbonyl (C=S) groups is 1. The van der Waals surface area contributed by atoms with Crippen molar-refractivity contribution in [2.24, 2.45) is 5.84 Å². The molecule has 0 saturated heterocycles. The molecule has 0 atom stereocenters. The second-order valence-corrected chi connectivity index (χ2v) is 8.73. The molecule has 0 aliphatic carbocycles. The number of aryl methyl sites for hydroxylation is 1. The summed E-state index contributed by atoms with van der Waals surface area (Å²) in [5, 5.41) is 8.30. The number of ketones is 1. The number of nitrogens with zero attached hydrogens (tertiary/aromatic N) is 1. The maximum Gasteiger partial charge on any atom is 0.221 e. The summed E-state index contributed by atoms with van der Waals surface area (Å²) in [4.78, 5) is 25.5. The molecule has 0 bridgehead atoms. The van der Waals surface area contributed by atoms with Gasteiger partial charge in [-0.05, 0) is 61.5 Å². The van der Waals surface area contributed by atoms with Crippen LogP contribution < -0.4 is 16.5 Å². The van der Waals surface area contributed by atoms with E-state index in [0.717, 1.165) is 16.0 Å². The van der Waals surface area contributed by atoms with Crippen LogP contribution in [0.5, 0.6) is 0 Å². The average Bonchev–Trinajstić information content (AvgIpc) is 3.01. The number of hydrogen-bond acceptors (Lipinski definition) is 5. The fourth-order valence-electron chi connectivity index (χ4n) is 3.06. The van der Waals surface area contributed by atoms with Gasteiger partial charge in [0, 0.05) is 23.1 Å². The highest BCUT2D eigenvalue weighted by Crippen LogP contribution is 2.34. The van der Waals surface area contributed by atoms with Crippen molar-refractivity contribution in [1.82, 2.24) is 5.01 Å². The van der Waals surface area contributed by atoms with E-state index in [1.54, 1.807) is 24.3 Å². The molecule has 1 amide bonds. The summed E-state index contributed by atoms with van der Waals surface area (Å²) in [6.07, 6.45) is 0. The lowest BCUT2D eigenvalue weighted by atomic mass is 10.0. The van der Waals surface area contributed by atoms with Gasteiger partial charge in [0.15, 0.2) is 10.9 Å². The van der Waals surface area contributed by atoms with Gasteiger partial charge >= 0.3 is 0 Å². The minimum Gasteiger partial charge on any atom is -0.326 e. The second-order valence-electron chi connectivity index (χ2n) is 7.12. The Morgan fingerprint density at radius 2 is 1.68 bits per heavy atom. The minimum atomic E-state index is -0.162. The number of carbonyl (C=O) groups is 2. The number of hydrazine groups is 1. The Labute approximate surface area is 191 Å². The summed E-state index contributed by atoms with van der Waals surface area (Å²) in [6.45, 7) is 5.78. The Kier molecular flexibility index (Phi) is 7.17. The van der Waals surface area contributed by atoms with E-state index in [0.29, 0.717) is 33.5 Å². The van der Waals surface area contributed by atoms with Crippen LogP contribution in [-0.4, -0.2) is 21.8 Å². The van der Waals surface area contributed by atoms with Crippen LogP contribution in [0.1, 0.15) is 38.8 Å². The van der Waals surface area contributed by atoms with Crippen LogP contribution in [-0.2, 0) is 11.3 Å². The van der Waals surface area contributed by atoms with Crippen LogP contribution in [0.2, 0.25) is 0 Å². The molecule has 0 fully saturated rings. The molecule has 3 aromatic rings. The molecule has 160 valence electrons. The van der Waals surface area contributed by atoms with E-state index in [9.17, 15) is 9.59 Å². The Hall–Kier alpha value is -3.07. The number of benzene rings is 2. The first-order valence-corrected chi connectivity index (χ1v) is 10.9. The van der Waals surface area contributed by atoms with Crippen molar-refractivity contribution in [3.63, 3.8) is 0 Å². The van der Waals surface area contributed by atoms with Crippen molar-refractivity contribution in [2.75, 3.05) is 10.6 Å². The smallest absolute Gasteiger partial charge is 0.221 e. The van der Waals surface area contributed by atoms with Gasteiger partial charge in [-0.3, -0.25) is 14.6 Å². The molecular formula is C23H24N4O2S2. The number of anilines is 2. The summed E-state index contributed by atoms with van der Waals surface area (Å²) >= 11 is 6.94. The van der Waals surface area contributed by atoms with Crippen molar-refractivity contribution >= 4 is 51.0 Å². The Balaban J connectivity index is 1.80. The molecule has 0 saturated carbocycles. The topological polar surface area (TPSA) is 87.5 Å². The molecule has 1 aromatic heterocycles. The highest BCUT2D eigenvalue weighted by molar-refractivity contribution is 7.80. The minimum absolute atomic E-state index is 0.117. The van der Waals surface area contributed by atoms with Crippen molar-refractivity contribution in [3.05, 3.63) is 81.7 Å². The van der Waals surface area contributed by atoms with Gasteiger partial charge in [0.1, 0.15) is 5.00 Å². The van der Waals surface area contributed by atoms with Gasteiger partial charge in [-0.1, -0.05) is 30.3 Å². The molecule has 0 aliphatic heterocycles. The number of nitrogens with two attached hydrogens (primary N) is 1.